The highest BCUT2D eigenvalue weighted by Gasteiger charge is 2.11. The minimum atomic E-state index is -0.720. The molecule has 0 unspecified atom stereocenters. The SMILES string of the molecule is O=[N+]([O-])c1cc(F)cc(CNc2cccc(Cl)c2F)c1. The summed E-state index contributed by atoms with van der Waals surface area (Å²) in [6, 6.07) is 7.61. The second kappa shape index (κ2) is 5.83. The minimum absolute atomic E-state index is 0.0376. The number of nitrogens with zero attached hydrogens (tertiary/aromatic N) is 1. The third-order valence-electron chi connectivity index (χ3n) is 2.59. The fourth-order valence-electron chi connectivity index (χ4n) is 1.68. The van der Waals surface area contributed by atoms with Crippen molar-refractivity contribution in [3.05, 3.63) is 68.7 Å². The Hall–Kier alpha value is -2.21. The first-order chi connectivity index (χ1) is 9.47. The molecule has 0 bridgehead atoms. The largest absolute Gasteiger partial charge is 0.379 e. The molecule has 20 heavy (non-hydrogen) atoms. The highest BCUT2D eigenvalue weighted by atomic mass is 35.5. The zero-order valence-electron chi connectivity index (χ0n) is 10.1. The van der Waals surface area contributed by atoms with Gasteiger partial charge in [0.25, 0.3) is 5.69 Å². The second-order valence-electron chi connectivity index (χ2n) is 4.03. The average molecular weight is 299 g/mol. The normalized spacial score (nSPS) is 10.3. The zero-order chi connectivity index (χ0) is 14.7. The number of anilines is 1. The van der Waals surface area contributed by atoms with Gasteiger partial charge in [-0.05, 0) is 23.8 Å². The summed E-state index contributed by atoms with van der Waals surface area (Å²) in [7, 11) is 0. The summed E-state index contributed by atoms with van der Waals surface area (Å²) < 4.78 is 26.8. The van der Waals surface area contributed by atoms with Gasteiger partial charge in [-0.3, -0.25) is 10.1 Å². The molecular formula is C13H9ClF2N2O2. The highest BCUT2D eigenvalue weighted by Crippen LogP contribution is 2.23. The number of nitro groups is 1. The molecule has 2 aromatic carbocycles. The van der Waals surface area contributed by atoms with E-state index in [1.54, 1.807) is 6.07 Å². The second-order valence-corrected chi connectivity index (χ2v) is 4.44. The lowest BCUT2D eigenvalue weighted by Crippen LogP contribution is -2.03. The van der Waals surface area contributed by atoms with Crippen LogP contribution >= 0.6 is 11.6 Å². The van der Waals surface area contributed by atoms with Gasteiger partial charge < -0.3 is 5.32 Å². The van der Waals surface area contributed by atoms with Crippen LogP contribution in [-0.4, -0.2) is 4.92 Å². The van der Waals surface area contributed by atoms with Gasteiger partial charge in [-0.15, -0.1) is 0 Å². The summed E-state index contributed by atoms with van der Waals surface area (Å²) >= 11 is 5.62. The Morgan fingerprint density at radius 3 is 2.70 bits per heavy atom. The van der Waals surface area contributed by atoms with Crippen molar-refractivity contribution in [2.75, 3.05) is 5.32 Å². The third-order valence-corrected chi connectivity index (χ3v) is 2.88. The molecule has 0 fully saturated rings. The number of nitro benzene ring substituents is 1. The van der Waals surface area contributed by atoms with E-state index in [0.717, 1.165) is 12.1 Å². The maximum Gasteiger partial charge on any atom is 0.272 e. The first-order valence-corrected chi connectivity index (χ1v) is 5.97. The van der Waals surface area contributed by atoms with Gasteiger partial charge in [-0.2, -0.15) is 0 Å². The van der Waals surface area contributed by atoms with Gasteiger partial charge in [0.2, 0.25) is 0 Å². The van der Waals surface area contributed by atoms with E-state index in [4.69, 9.17) is 11.6 Å². The molecule has 7 heteroatoms. The Morgan fingerprint density at radius 2 is 2.00 bits per heavy atom. The van der Waals surface area contributed by atoms with Gasteiger partial charge in [0.1, 0.15) is 5.82 Å². The van der Waals surface area contributed by atoms with E-state index in [1.165, 1.54) is 18.2 Å². The first-order valence-electron chi connectivity index (χ1n) is 5.59. The van der Waals surface area contributed by atoms with Crippen LogP contribution in [0.1, 0.15) is 5.56 Å². The average Bonchev–Trinajstić information content (AvgIpc) is 2.40. The zero-order valence-corrected chi connectivity index (χ0v) is 10.8. The number of hydrogen-bond donors (Lipinski definition) is 1. The van der Waals surface area contributed by atoms with Crippen LogP contribution in [0.15, 0.2) is 36.4 Å². The molecule has 0 saturated carbocycles. The Labute approximate surface area is 118 Å². The highest BCUT2D eigenvalue weighted by molar-refractivity contribution is 6.31. The van der Waals surface area contributed by atoms with Crippen molar-refractivity contribution in [2.45, 2.75) is 6.54 Å². The fraction of sp³-hybridized carbons (Fsp3) is 0.0769. The van der Waals surface area contributed by atoms with Gasteiger partial charge in [0.05, 0.1) is 21.7 Å². The van der Waals surface area contributed by atoms with Crippen LogP contribution in [0, 0.1) is 21.7 Å². The molecule has 0 aliphatic rings. The molecule has 0 radical (unpaired) electrons. The predicted molar refractivity (Wildman–Crippen MR) is 71.8 cm³/mol. The number of halogens is 3. The molecule has 0 aliphatic carbocycles. The molecule has 4 nitrogen and oxygen atoms in total. The minimum Gasteiger partial charge on any atom is -0.379 e. The van der Waals surface area contributed by atoms with Gasteiger partial charge in [-0.25, -0.2) is 8.78 Å². The number of rotatable bonds is 4. The summed E-state index contributed by atoms with van der Waals surface area (Å²) in [5.41, 5.74) is 0.119. The van der Waals surface area contributed by atoms with Crippen molar-refractivity contribution in [3.8, 4) is 0 Å². The molecule has 1 N–H and O–H groups in total. The summed E-state index contributed by atoms with van der Waals surface area (Å²) in [6.45, 7) is 0.0376. The summed E-state index contributed by atoms with van der Waals surface area (Å²) in [4.78, 5) is 9.93. The molecule has 0 aromatic heterocycles. The Kier molecular flexibility index (Phi) is 4.14. The lowest BCUT2D eigenvalue weighted by molar-refractivity contribution is -0.385. The van der Waals surface area contributed by atoms with E-state index in [2.05, 4.69) is 5.32 Å². The molecule has 2 rings (SSSR count). The van der Waals surface area contributed by atoms with E-state index in [0.29, 0.717) is 5.56 Å². The molecule has 0 heterocycles. The molecule has 0 aliphatic heterocycles. The maximum atomic E-state index is 13.6. The van der Waals surface area contributed by atoms with E-state index < -0.39 is 16.6 Å². The molecule has 0 saturated heterocycles. The van der Waals surface area contributed by atoms with Crippen LogP contribution in [0.3, 0.4) is 0 Å². The van der Waals surface area contributed by atoms with Gasteiger partial charge in [0, 0.05) is 12.6 Å². The van der Waals surface area contributed by atoms with Crippen LogP contribution in [0.4, 0.5) is 20.2 Å². The number of nitrogens with one attached hydrogen (secondary N) is 1. The molecule has 0 spiro atoms. The van der Waals surface area contributed by atoms with Crippen molar-refractivity contribution in [2.24, 2.45) is 0 Å². The lowest BCUT2D eigenvalue weighted by Gasteiger charge is -2.08. The van der Waals surface area contributed by atoms with Crippen LogP contribution < -0.4 is 5.32 Å². The van der Waals surface area contributed by atoms with Crippen LogP contribution in [0.5, 0.6) is 0 Å². The van der Waals surface area contributed by atoms with Crippen molar-refractivity contribution in [3.63, 3.8) is 0 Å². The van der Waals surface area contributed by atoms with E-state index in [9.17, 15) is 18.9 Å². The van der Waals surface area contributed by atoms with Gasteiger partial charge in [0.15, 0.2) is 5.82 Å². The summed E-state index contributed by atoms with van der Waals surface area (Å²) in [6.07, 6.45) is 0. The first kappa shape index (κ1) is 14.2. The Balaban J connectivity index is 2.19. The van der Waals surface area contributed by atoms with Crippen molar-refractivity contribution in [1.29, 1.82) is 0 Å². The third kappa shape index (κ3) is 3.21. The molecule has 0 atom stereocenters. The molecule has 2 aromatic rings. The Bertz CT molecular complexity index is 665. The van der Waals surface area contributed by atoms with E-state index in [1.807, 2.05) is 0 Å². The van der Waals surface area contributed by atoms with Crippen LogP contribution in [0.25, 0.3) is 0 Å². The van der Waals surface area contributed by atoms with E-state index in [-0.39, 0.29) is 22.9 Å². The fourth-order valence-corrected chi connectivity index (χ4v) is 1.85. The topological polar surface area (TPSA) is 55.2 Å². The standard InChI is InChI=1S/C13H9ClF2N2O2/c14-11-2-1-3-12(13(11)16)17-7-8-4-9(15)6-10(5-8)18(19)20/h1-6,17H,7H2. The summed E-state index contributed by atoms with van der Waals surface area (Å²) in [5, 5.41) is 13.3. The van der Waals surface area contributed by atoms with Crippen molar-refractivity contribution in [1.82, 2.24) is 0 Å². The van der Waals surface area contributed by atoms with Crippen LogP contribution in [0.2, 0.25) is 5.02 Å². The van der Waals surface area contributed by atoms with E-state index >= 15 is 0 Å². The molecule has 104 valence electrons. The lowest BCUT2D eigenvalue weighted by atomic mass is 10.2. The van der Waals surface area contributed by atoms with Crippen LogP contribution in [-0.2, 0) is 6.54 Å². The number of non-ortho nitro benzene ring substituents is 1. The number of benzene rings is 2. The maximum absolute atomic E-state index is 13.6. The summed E-state index contributed by atoms with van der Waals surface area (Å²) in [5.74, 6) is -1.34. The number of hydrogen-bond acceptors (Lipinski definition) is 3. The van der Waals surface area contributed by atoms with Gasteiger partial charge >= 0.3 is 0 Å². The van der Waals surface area contributed by atoms with Gasteiger partial charge in [-0.1, -0.05) is 17.7 Å². The molecular weight excluding hydrogens is 290 g/mol. The van der Waals surface area contributed by atoms with Crippen molar-refractivity contribution >= 4 is 23.0 Å². The smallest absolute Gasteiger partial charge is 0.272 e. The molecule has 0 amide bonds. The van der Waals surface area contributed by atoms with Crippen molar-refractivity contribution < 1.29 is 13.7 Å². The monoisotopic (exact) mass is 298 g/mol. The Morgan fingerprint density at radius 1 is 1.25 bits per heavy atom. The predicted octanol–water partition coefficient (Wildman–Crippen LogP) is 4.14. The quantitative estimate of drug-likeness (QED) is 0.682.